The number of carbonyl (C=O) groups excluding carboxylic acids is 1. The molecule has 36 heavy (non-hydrogen) atoms. The van der Waals surface area contributed by atoms with E-state index < -0.39 is 11.7 Å². The minimum absolute atomic E-state index is 0.196. The zero-order valence-corrected chi connectivity index (χ0v) is 20.5. The summed E-state index contributed by atoms with van der Waals surface area (Å²) < 4.78 is 21.3. The third-order valence-corrected chi connectivity index (χ3v) is 7.06. The second kappa shape index (κ2) is 8.26. The number of benzene rings is 2. The van der Waals surface area contributed by atoms with Crippen molar-refractivity contribution >= 4 is 34.4 Å². The Hall–Kier alpha value is -4.07. The average Bonchev–Trinajstić information content (AvgIpc) is 3.52. The van der Waals surface area contributed by atoms with Crippen LogP contribution in [-0.4, -0.2) is 39.2 Å². The van der Waals surface area contributed by atoms with E-state index in [1.165, 1.54) is 23.1 Å². The van der Waals surface area contributed by atoms with Gasteiger partial charge in [-0.3, -0.25) is 0 Å². The van der Waals surface area contributed by atoms with E-state index in [1.54, 1.807) is 19.1 Å². The van der Waals surface area contributed by atoms with Crippen LogP contribution in [0.4, 0.5) is 4.39 Å². The maximum Gasteiger partial charge on any atom is 0.380 e. The lowest BCUT2D eigenvalue weighted by Gasteiger charge is -2.37. The minimum atomic E-state index is -1.57. The van der Waals surface area contributed by atoms with E-state index >= 15 is 0 Å². The molecular formula is C28H27FN4O3. The Balaban J connectivity index is 1.40. The summed E-state index contributed by atoms with van der Waals surface area (Å²) in [5, 5.41) is 5.56. The van der Waals surface area contributed by atoms with Gasteiger partial charge in [0, 0.05) is 29.4 Å². The topological polar surface area (TPSA) is 71.3 Å². The lowest BCUT2D eigenvalue weighted by Crippen LogP contribution is -2.54. The van der Waals surface area contributed by atoms with Crippen LogP contribution in [0.25, 0.3) is 22.6 Å². The highest BCUT2D eigenvalue weighted by Crippen LogP contribution is 2.41. The zero-order chi connectivity index (χ0) is 25.0. The van der Waals surface area contributed by atoms with Gasteiger partial charge in [-0.15, -0.1) is 0 Å². The molecule has 0 bridgehead atoms. The first-order chi connectivity index (χ1) is 17.4. The molecule has 4 heterocycles. The van der Waals surface area contributed by atoms with Gasteiger partial charge in [0.05, 0.1) is 12.1 Å². The number of oxime groups is 1. The number of imidazole rings is 1. The lowest BCUT2D eigenvalue weighted by molar-refractivity contribution is -0.189. The second-order valence-corrected chi connectivity index (χ2v) is 9.36. The van der Waals surface area contributed by atoms with Gasteiger partial charge in [0.25, 0.3) is 0 Å². The van der Waals surface area contributed by atoms with Gasteiger partial charge >= 0.3 is 11.7 Å². The largest absolute Gasteiger partial charge is 0.461 e. The molecule has 7 nitrogen and oxygen atoms in total. The van der Waals surface area contributed by atoms with Gasteiger partial charge in [-0.05, 0) is 92.8 Å². The Morgan fingerprint density at radius 3 is 2.83 bits per heavy atom. The molecule has 0 amide bonds. The van der Waals surface area contributed by atoms with Gasteiger partial charge < -0.3 is 23.9 Å². The number of hydrogen-bond donors (Lipinski definition) is 1. The molecule has 0 radical (unpaired) electrons. The van der Waals surface area contributed by atoms with Gasteiger partial charge in [0.1, 0.15) is 11.5 Å². The molecule has 1 N–H and O–H groups in total. The number of carbonyl (C=O) groups is 1. The number of amidine groups is 1. The van der Waals surface area contributed by atoms with Crippen molar-refractivity contribution < 1.29 is 18.8 Å². The minimum Gasteiger partial charge on any atom is -0.461 e. The summed E-state index contributed by atoms with van der Waals surface area (Å²) in [6.45, 7) is 6.68. The van der Waals surface area contributed by atoms with Crippen LogP contribution in [0.5, 0.6) is 0 Å². The van der Waals surface area contributed by atoms with E-state index in [0.717, 1.165) is 40.8 Å². The van der Waals surface area contributed by atoms with Gasteiger partial charge in [-0.25, -0.2) is 9.18 Å². The van der Waals surface area contributed by atoms with Crippen molar-refractivity contribution in [3.05, 3.63) is 82.4 Å². The smallest absolute Gasteiger partial charge is 0.380 e. The molecule has 1 atom stereocenters. The number of esters is 1. The lowest BCUT2D eigenvalue weighted by atomic mass is 9.94. The number of nitrogens with zero attached hydrogens (tertiary/aromatic N) is 3. The number of hydrogen-bond acceptors (Lipinski definition) is 5. The summed E-state index contributed by atoms with van der Waals surface area (Å²) in [7, 11) is 0. The van der Waals surface area contributed by atoms with Crippen LogP contribution in [0, 0.1) is 19.7 Å². The van der Waals surface area contributed by atoms with Crippen LogP contribution < -0.4 is 0 Å². The summed E-state index contributed by atoms with van der Waals surface area (Å²) in [6.07, 6.45) is 5.83. The molecule has 1 unspecified atom stereocenters. The Morgan fingerprint density at radius 2 is 2.06 bits per heavy atom. The average molecular weight is 487 g/mol. The Morgan fingerprint density at radius 1 is 1.25 bits per heavy atom. The fraction of sp³-hybridized carbons (Fsp3) is 0.286. The molecule has 2 aromatic carbocycles. The summed E-state index contributed by atoms with van der Waals surface area (Å²) in [6, 6.07) is 12.1. The van der Waals surface area contributed by atoms with E-state index in [4.69, 9.17) is 9.57 Å². The van der Waals surface area contributed by atoms with Crippen molar-refractivity contribution in [2.45, 2.75) is 39.3 Å². The number of fused-ring (bicyclic) bond motifs is 4. The summed E-state index contributed by atoms with van der Waals surface area (Å²) in [5.41, 5.74) is 5.51. The van der Waals surface area contributed by atoms with Crippen molar-refractivity contribution in [3.8, 4) is 0 Å². The number of aromatic amines is 1. The molecule has 1 fully saturated rings. The zero-order valence-electron chi connectivity index (χ0n) is 20.5. The second-order valence-electron chi connectivity index (χ2n) is 9.36. The van der Waals surface area contributed by atoms with Crippen molar-refractivity contribution in [2.24, 2.45) is 5.16 Å². The van der Waals surface area contributed by atoms with Crippen molar-refractivity contribution in [1.29, 1.82) is 0 Å². The number of H-pyrrole nitrogens is 1. The monoisotopic (exact) mass is 486 g/mol. The quantitative estimate of drug-likeness (QED) is 0.391. The molecule has 2 aliphatic heterocycles. The molecule has 8 heteroatoms. The van der Waals surface area contributed by atoms with E-state index in [0.29, 0.717) is 17.9 Å². The maximum atomic E-state index is 13.7. The number of aryl methyl sites for hydroxylation is 2. The first-order valence-electron chi connectivity index (χ1n) is 12.2. The molecular weight excluding hydrogens is 459 g/mol. The predicted molar refractivity (Wildman–Crippen MR) is 136 cm³/mol. The first-order valence-corrected chi connectivity index (χ1v) is 12.2. The summed E-state index contributed by atoms with van der Waals surface area (Å²) in [5.74, 6) is -0.345. The van der Waals surface area contributed by atoms with Crippen LogP contribution in [0.1, 0.15) is 42.1 Å². The van der Waals surface area contributed by atoms with Crippen LogP contribution >= 0.6 is 0 Å². The third-order valence-electron chi connectivity index (χ3n) is 7.06. The Kier molecular flexibility index (Phi) is 5.14. The standard InChI is InChI=1S/C28H27FN4O3/c1-4-35-27(34)28(21-8-10-22(29)11-9-21)33-13-5-6-20(26(33)31-36-28)14-19-7-12-24-23(15-19)18(3)25-30-17(2)16-32(24)25/h7-12,14-16,30H,4-6,13H2,1-3H3/b20-14+. The highest BCUT2D eigenvalue weighted by Gasteiger charge is 2.57. The van der Waals surface area contributed by atoms with E-state index in [2.05, 4.69) is 58.9 Å². The third kappa shape index (κ3) is 3.24. The molecule has 0 saturated carbocycles. The Bertz CT molecular complexity index is 1560. The fourth-order valence-electron chi connectivity index (χ4n) is 5.39. The molecule has 4 aromatic rings. The van der Waals surface area contributed by atoms with Crippen molar-refractivity contribution in [3.63, 3.8) is 0 Å². The first kappa shape index (κ1) is 22.4. The number of ether oxygens (including phenoxy) is 1. The molecule has 6 rings (SSSR count). The summed E-state index contributed by atoms with van der Waals surface area (Å²) >= 11 is 0. The highest BCUT2D eigenvalue weighted by molar-refractivity contribution is 6.06. The number of halogens is 1. The Labute approximate surface area is 207 Å². The number of piperidine rings is 1. The van der Waals surface area contributed by atoms with Crippen LogP contribution in [-0.2, 0) is 20.1 Å². The van der Waals surface area contributed by atoms with Crippen molar-refractivity contribution in [2.75, 3.05) is 13.2 Å². The van der Waals surface area contributed by atoms with Crippen LogP contribution in [0.15, 0.2) is 59.4 Å². The SMILES string of the molecule is CCOC(=O)C1(c2ccc(F)cc2)ON=C2/C(=C/c3ccc4c(c3)c(C)c3[nH]c(C)cn34)CCCN21. The van der Waals surface area contributed by atoms with Crippen molar-refractivity contribution in [1.82, 2.24) is 14.3 Å². The van der Waals surface area contributed by atoms with E-state index in [-0.39, 0.29) is 12.4 Å². The number of nitrogens with one attached hydrogen (secondary N) is 1. The molecule has 2 aromatic heterocycles. The molecule has 1 saturated heterocycles. The van der Waals surface area contributed by atoms with E-state index in [9.17, 15) is 9.18 Å². The number of aromatic nitrogens is 2. The number of rotatable bonds is 4. The van der Waals surface area contributed by atoms with Gasteiger partial charge in [-0.1, -0.05) is 11.2 Å². The highest BCUT2D eigenvalue weighted by atomic mass is 19.1. The normalized spacial score (nSPS) is 20.6. The molecule has 0 aliphatic carbocycles. The predicted octanol–water partition coefficient (Wildman–Crippen LogP) is 5.42. The maximum absolute atomic E-state index is 13.7. The molecule has 184 valence electrons. The van der Waals surface area contributed by atoms with Gasteiger partial charge in [0.2, 0.25) is 0 Å². The van der Waals surface area contributed by atoms with Crippen LogP contribution in [0.3, 0.4) is 0 Å². The molecule has 2 aliphatic rings. The summed E-state index contributed by atoms with van der Waals surface area (Å²) in [4.78, 5) is 24.4. The van der Waals surface area contributed by atoms with Crippen LogP contribution in [0.2, 0.25) is 0 Å². The fourth-order valence-corrected chi connectivity index (χ4v) is 5.39. The van der Waals surface area contributed by atoms with Gasteiger partial charge in [-0.2, -0.15) is 0 Å². The molecule has 0 spiro atoms. The van der Waals surface area contributed by atoms with E-state index in [1.807, 2.05) is 4.90 Å². The van der Waals surface area contributed by atoms with Gasteiger partial charge in [0.15, 0.2) is 5.84 Å².